The maximum Gasteiger partial charge on any atom is 0.267 e. The Morgan fingerprint density at radius 3 is 2.59 bits per heavy atom. The van der Waals surface area contributed by atoms with Crippen molar-refractivity contribution in [1.29, 1.82) is 0 Å². The van der Waals surface area contributed by atoms with Crippen molar-refractivity contribution < 1.29 is 18.3 Å². The Balaban J connectivity index is 1.94. The number of aryl methyl sites for hydroxylation is 1. The number of alkyl halides is 2. The molecule has 0 aliphatic carbocycles. The number of halogens is 2. The average Bonchev–Trinajstić information content (AvgIpc) is 3.05. The Morgan fingerprint density at radius 1 is 1.19 bits per heavy atom. The summed E-state index contributed by atoms with van der Waals surface area (Å²) < 4.78 is 38.2. The molecule has 2 rings (SSSR count). The number of benzene rings is 1. The molecule has 3 nitrogen and oxygen atoms in total. The van der Waals surface area contributed by atoms with Crippen molar-refractivity contribution in [3.63, 3.8) is 0 Å². The van der Waals surface area contributed by atoms with Gasteiger partial charge in [-0.2, -0.15) is 0 Å². The summed E-state index contributed by atoms with van der Waals surface area (Å²) in [5, 5.41) is 0. The van der Waals surface area contributed by atoms with Crippen molar-refractivity contribution in [1.82, 2.24) is 0 Å². The molecule has 0 bridgehead atoms. The molecule has 0 spiro atoms. The van der Waals surface area contributed by atoms with E-state index in [2.05, 4.69) is 18.8 Å². The smallest absolute Gasteiger partial charge is 0.267 e. The second kappa shape index (κ2) is 10.6. The minimum Gasteiger partial charge on any atom is -0.493 e. The zero-order valence-electron chi connectivity index (χ0n) is 16.9. The standard InChI is InChI=1S/C22H33F2NO2/c1-4-6-7-8-9-14-26-20-11-10-18(15-19(20)21(23)24)12-13-22(5-2)16-27-17(3)25-22/h10-11,15,21H,4-9,12-14,16H2,1-3H3. The molecular formula is C22H33F2NO2. The molecule has 0 radical (unpaired) electrons. The molecule has 152 valence electrons. The number of hydrogen-bond donors (Lipinski definition) is 0. The highest BCUT2D eigenvalue weighted by atomic mass is 19.3. The molecule has 1 unspecified atom stereocenters. The highest BCUT2D eigenvalue weighted by molar-refractivity contribution is 5.75. The number of aliphatic imine (C=N–C) groups is 1. The van der Waals surface area contributed by atoms with Gasteiger partial charge in [0.15, 0.2) is 5.90 Å². The number of rotatable bonds is 12. The van der Waals surface area contributed by atoms with Crippen LogP contribution in [0.15, 0.2) is 23.2 Å². The fourth-order valence-corrected chi connectivity index (χ4v) is 3.44. The van der Waals surface area contributed by atoms with E-state index < -0.39 is 6.43 Å². The van der Waals surface area contributed by atoms with E-state index in [-0.39, 0.29) is 11.1 Å². The SMILES string of the molecule is CCCCCCCOc1ccc(CCC2(CC)COC(C)=N2)cc1C(F)F. The number of ether oxygens (including phenoxy) is 2. The van der Waals surface area contributed by atoms with E-state index in [1.165, 1.54) is 19.3 Å². The lowest BCUT2D eigenvalue weighted by Crippen LogP contribution is -2.28. The molecule has 0 N–H and O–H groups in total. The Bertz CT molecular complexity index is 618. The van der Waals surface area contributed by atoms with Crippen molar-refractivity contribution in [3.05, 3.63) is 29.3 Å². The number of nitrogens with zero attached hydrogens (tertiary/aromatic N) is 1. The molecule has 1 aromatic rings. The van der Waals surface area contributed by atoms with Gasteiger partial charge in [-0.1, -0.05) is 45.6 Å². The van der Waals surface area contributed by atoms with E-state index in [1.807, 2.05) is 13.0 Å². The van der Waals surface area contributed by atoms with Gasteiger partial charge in [0, 0.05) is 6.92 Å². The van der Waals surface area contributed by atoms with Crippen LogP contribution >= 0.6 is 0 Å². The van der Waals surface area contributed by atoms with Crippen LogP contribution in [-0.4, -0.2) is 24.7 Å². The van der Waals surface area contributed by atoms with E-state index in [1.54, 1.807) is 12.1 Å². The highest BCUT2D eigenvalue weighted by Crippen LogP contribution is 2.33. The third kappa shape index (κ3) is 6.47. The first kappa shape index (κ1) is 21.6. The number of unbranched alkanes of at least 4 members (excludes halogenated alkanes) is 4. The van der Waals surface area contributed by atoms with Gasteiger partial charge in [-0.3, -0.25) is 0 Å². The molecule has 1 aromatic carbocycles. The van der Waals surface area contributed by atoms with E-state index in [0.29, 0.717) is 31.3 Å². The zero-order chi connectivity index (χ0) is 19.7. The van der Waals surface area contributed by atoms with Gasteiger partial charge < -0.3 is 9.47 Å². The van der Waals surface area contributed by atoms with Gasteiger partial charge in [0.1, 0.15) is 12.4 Å². The normalized spacial score (nSPS) is 19.3. The molecule has 0 saturated heterocycles. The monoisotopic (exact) mass is 381 g/mol. The third-order valence-corrected chi connectivity index (χ3v) is 5.30. The summed E-state index contributed by atoms with van der Waals surface area (Å²) in [4.78, 5) is 4.62. The fraction of sp³-hybridized carbons (Fsp3) is 0.682. The second-order valence-corrected chi connectivity index (χ2v) is 7.43. The van der Waals surface area contributed by atoms with Crippen LogP contribution in [-0.2, 0) is 11.2 Å². The Labute approximate surface area is 162 Å². The van der Waals surface area contributed by atoms with Crippen LogP contribution in [0.2, 0.25) is 0 Å². The highest BCUT2D eigenvalue weighted by Gasteiger charge is 2.33. The molecular weight excluding hydrogens is 348 g/mol. The quantitative estimate of drug-likeness (QED) is 0.387. The molecule has 5 heteroatoms. The molecule has 0 fully saturated rings. The van der Waals surface area contributed by atoms with Crippen LogP contribution in [0.5, 0.6) is 5.75 Å². The zero-order valence-corrected chi connectivity index (χ0v) is 16.9. The van der Waals surface area contributed by atoms with Gasteiger partial charge in [-0.15, -0.1) is 0 Å². The lowest BCUT2D eigenvalue weighted by Gasteiger charge is -2.22. The Hall–Kier alpha value is -1.65. The van der Waals surface area contributed by atoms with Crippen molar-refractivity contribution in [2.45, 2.75) is 84.1 Å². The molecule has 1 heterocycles. The average molecular weight is 382 g/mol. The maximum absolute atomic E-state index is 13.5. The van der Waals surface area contributed by atoms with Gasteiger partial charge in [0.25, 0.3) is 6.43 Å². The molecule has 0 amide bonds. The van der Waals surface area contributed by atoms with Crippen LogP contribution in [0.4, 0.5) is 8.78 Å². The largest absolute Gasteiger partial charge is 0.493 e. The number of hydrogen-bond acceptors (Lipinski definition) is 3. The molecule has 0 saturated carbocycles. The van der Waals surface area contributed by atoms with Crippen LogP contribution in [0.1, 0.15) is 83.3 Å². The third-order valence-electron chi connectivity index (χ3n) is 5.30. The fourth-order valence-electron chi connectivity index (χ4n) is 3.44. The van der Waals surface area contributed by atoms with Crippen molar-refractivity contribution in [2.75, 3.05) is 13.2 Å². The van der Waals surface area contributed by atoms with Crippen molar-refractivity contribution in [3.8, 4) is 5.75 Å². The van der Waals surface area contributed by atoms with Gasteiger partial charge in [0.2, 0.25) is 0 Å². The first-order valence-corrected chi connectivity index (χ1v) is 10.2. The van der Waals surface area contributed by atoms with Crippen LogP contribution in [0.3, 0.4) is 0 Å². The summed E-state index contributed by atoms with van der Waals surface area (Å²) in [5.41, 5.74) is 0.671. The molecule has 0 aromatic heterocycles. The van der Waals surface area contributed by atoms with E-state index in [4.69, 9.17) is 9.47 Å². The van der Waals surface area contributed by atoms with Gasteiger partial charge >= 0.3 is 0 Å². The predicted molar refractivity (Wildman–Crippen MR) is 106 cm³/mol. The maximum atomic E-state index is 13.5. The van der Waals surface area contributed by atoms with Gasteiger partial charge in [0.05, 0.1) is 17.7 Å². The molecule has 27 heavy (non-hydrogen) atoms. The summed E-state index contributed by atoms with van der Waals surface area (Å²) >= 11 is 0. The molecule has 1 atom stereocenters. The predicted octanol–water partition coefficient (Wildman–Crippen LogP) is 6.50. The lowest BCUT2D eigenvalue weighted by atomic mass is 9.90. The minimum absolute atomic E-state index is 0.00559. The van der Waals surface area contributed by atoms with Crippen LogP contribution in [0.25, 0.3) is 0 Å². The second-order valence-electron chi connectivity index (χ2n) is 7.43. The van der Waals surface area contributed by atoms with E-state index in [0.717, 1.165) is 31.2 Å². The van der Waals surface area contributed by atoms with Crippen LogP contribution in [0, 0.1) is 0 Å². The first-order chi connectivity index (χ1) is 13.0. The lowest BCUT2D eigenvalue weighted by molar-refractivity contribution is 0.144. The van der Waals surface area contributed by atoms with Crippen molar-refractivity contribution in [2.24, 2.45) is 4.99 Å². The first-order valence-electron chi connectivity index (χ1n) is 10.2. The van der Waals surface area contributed by atoms with Gasteiger partial charge in [-0.05, 0) is 43.4 Å². The Kier molecular flexibility index (Phi) is 8.52. The van der Waals surface area contributed by atoms with Crippen LogP contribution < -0.4 is 4.74 Å². The van der Waals surface area contributed by atoms with E-state index >= 15 is 0 Å². The molecule has 1 aliphatic rings. The summed E-state index contributed by atoms with van der Waals surface area (Å²) in [6.07, 6.45) is 5.40. The minimum atomic E-state index is -2.53. The molecule has 1 aliphatic heterocycles. The Morgan fingerprint density at radius 2 is 1.96 bits per heavy atom. The topological polar surface area (TPSA) is 30.8 Å². The summed E-state index contributed by atoms with van der Waals surface area (Å²) in [5.74, 6) is 1.03. The summed E-state index contributed by atoms with van der Waals surface area (Å²) in [6, 6.07) is 5.18. The van der Waals surface area contributed by atoms with Gasteiger partial charge in [-0.25, -0.2) is 13.8 Å². The summed E-state index contributed by atoms with van der Waals surface area (Å²) in [6.45, 7) is 7.19. The van der Waals surface area contributed by atoms with E-state index in [9.17, 15) is 8.78 Å². The summed E-state index contributed by atoms with van der Waals surface area (Å²) in [7, 11) is 0. The van der Waals surface area contributed by atoms with Crippen molar-refractivity contribution >= 4 is 5.90 Å².